The van der Waals surface area contributed by atoms with Crippen LogP contribution in [0.2, 0.25) is 0 Å². The molecule has 404 valence electrons. The van der Waals surface area contributed by atoms with Gasteiger partial charge in [0.25, 0.3) is 0 Å². The molecular formula is C54H76N8O10S2. The second-order valence-electron chi connectivity index (χ2n) is 20.0. The van der Waals surface area contributed by atoms with Crippen LogP contribution >= 0.6 is 23.5 Å². The van der Waals surface area contributed by atoms with Gasteiger partial charge in [0.05, 0.1) is 59.4 Å². The fourth-order valence-electron chi connectivity index (χ4n) is 10.1. The maximum absolute atomic E-state index is 14.8. The normalized spacial score (nSPS) is 20.2. The molecule has 3 aromatic rings. The molecule has 2 fully saturated rings. The number of methoxy groups -OCH3 is 2. The second-order valence-corrected chi connectivity index (χ2v) is 22.3. The van der Waals surface area contributed by atoms with Gasteiger partial charge in [-0.1, -0.05) is 121 Å². The van der Waals surface area contributed by atoms with Crippen molar-refractivity contribution < 1.29 is 48.1 Å². The van der Waals surface area contributed by atoms with Crippen LogP contribution in [0.4, 0.5) is 0 Å². The van der Waals surface area contributed by atoms with E-state index >= 15 is 0 Å². The van der Waals surface area contributed by atoms with Crippen LogP contribution in [0, 0.1) is 23.7 Å². The van der Waals surface area contributed by atoms with Crippen LogP contribution in [0.15, 0.2) is 89.2 Å². The van der Waals surface area contributed by atoms with E-state index < -0.39 is 88.4 Å². The minimum Gasteiger partial charge on any atom is -0.480 e. The Bertz CT molecular complexity index is 2290. The summed E-state index contributed by atoms with van der Waals surface area (Å²) in [5.41, 5.74) is 0.761. The first-order valence-electron chi connectivity index (χ1n) is 25.4. The molecule has 0 bridgehead atoms. The molecule has 3 unspecified atom stereocenters. The number of carbonyl (C=O) groups excluding carboxylic acids is 6. The van der Waals surface area contributed by atoms with Gasteiger partial charge >= 0.3 is 5.97 Å². The molecule has 1 aromatic carbocycles. The highest BCUT2D eigenvalue weighted by Gasteiger charge is 2.50. The van der Waals surface area contributed by atoms with Crippen molar-refractivity contribution in [2.45, 2.75) is 144 Å². The van der Waals surface area contributed by atoms with E-state index in [0.29, 0.717) is 35.9 Å². The molecule has 74 heavy (non-hydrogen) atoms. The first-order chi connectivity index (χ1) is 35.2. The lowest BCUT2D eigenvalue weighted by Crippen LogP contribution is -2.60. The number of benzene rings is 1. The van der Waals surface area contributed by atoms with Gasteiger partial charge in [0.15, 0.2) is 0 Å². The predicted molar refractivity (Wildman–Crippen MR) is 283 cm³/mol. The van der Waals surface area contributed by atoms with Gasteiger partial charge in [0.2, 0.25) is 35.4 Å². The number of hydrogen-bond acceptors (Lipinski definition) is 14. The third-order valence-corrected chi connectivity index (χ3v) is 16.8. The molecular weight excluding hydrogens is 985 g/mol. The highest BCUT2D eigenvalue weighted by molar-refractivity contribution is 8.04. The van der Waals surface area contributed by atoms with E-state index in [1.54, 1.807) is 96.6 Å². The number of carbonyl (C=O) groups is 7. The van der Waals surface area contributed by atoms with Crippen molar-refractivity contribution in [3.8, 4) is 0 Å². The van der Waals surface area contributed by atoms with Crippen molar-refractivity contribution >= 4 is 64.9 Å². The number of pyridine rings is 2. The third kappa shape index (κ3) is 14.9. The monoisotopic (exact) mass is 1060 g/mol. The first-order valence-corrected chi connectivity index (χ1v) is 27.2. The van der Waals surface area contributed by atoms with E-state index in [9.17, 15) is 38.7 Å². The number of nitrogens with one attached hydrogen (secondary N) is 2. The molecule has 4 heterocycles. The zero-order chi connectivity index (χ0) is 54.4. The van der Waals surface area contributed by atoms with Crippen LogP contribution in [0.3, 0.4) is 0 Å². The van der Waals surface area contributed by atoms with Gasteiger partial charge in [-0.15, -0.1) is 0 Å². The summed E-state index contributed by atoms with van der Waals surface area (Å²) in [6.45, 7) is 13.3. The second kappa shape index (κ2) is 27.9. The topological polar surface area (TPSA) is 221 Å². The number of hydrogen-bond donors (Lipinski definition) is 3. The van der Waals surface area contributed by atoms with Gasteiger partial charge in [0, 0.05) is 46.6 Å². The Labute approximate surface area is 444 Å². The highest BCUT2D eigenvalue weighted by atomic mass is 32.2. The lowest BCUT2D eigenvalue weighted by Gasteiger charge is -2.41. The van der Waals surface area contributed by atoms with E-state index in [1.807, 2.05) is 59.7 Å². The van der Waals surface area contributed by atoms with Gasteiger partial charge < -0.3 is 35.0 Å². The summed E-state index contributed by atoms with van der Waals surface area (Å²) in [6, 6.07) is 15.7. The van der Waals surface area contributed by atoms with Gasteiger partial charge in [-0.05, 0) is 67.5 Å². The molecule has 6 amide bonds. The fourth-order valence-corrected chi connectivity index (χ4v) is 12.4. The first kappa shape index (κ1) is 59.5. The zero-order valence-electron chi connectivity index (χ0n) is 44.6. The Hall–Kier alpha value is -5.41. The van der Waals surface area contributed by atoms with Gasteiger partial charge in [-0.25, -0.2) is 14.8 Å². The Morgan fingerprint density at radius 2 is 1.38 bits per heavy atom. The minimum absolute atomic E-state index is 0.0931. The molecule has 0 saturated carbocycles. The molecule has 11 atom stereocenters. The van der Waals surface area contributed by atoms with Crippen molar-refractivity contribution in [1.82, 2.24) is 40.2 Å². The Morgan fingerprint density at radius 3 is 1.86 bits per heavy atom. The Balaban J connectivity index is 1.29. The smallest absolute Gasteiger partial charge is 0.326 e. The summed E-state index contributed by atoms with van der Waals surface area (Å²) in [7, 11) is 6.32. The van der Waals surface area contributed by atoms with Crippen LogP contribution in [0.5, 0.6) is 0 Å². The van der Waals surface area contributed by atoms with E-state index in [4.69, 9.17) is 9.47 Å². The molecule has 18 nitrogen and oxygen atoms in total. The molecule has 0 spiro atoms. The maximum atomic E-state index is 14.8. The van der Waals surface area contributed by atoms with E-state index in [2.05, 4.69) is 20.6 Å². The number of amides is 6. The molecule has 20 heteroatoms. The van der Waals surface area contributed by atoms with Crippen LogP contribution in [-0.2, 0) is 49.5 Å². The average molecular weight is 1060 g/mol. The minimum atomic E-state index is -1.17. The maximum Gasteiger partial charge on any atom is 0.326 e. The molecule has 5 rings (SSSR count). The van der Waals surface area contributed by atoms with Crippen molar-refractivity contribution in [2.24, 2.45) is 23.7 Å². The predicted octanol–water partition coefficient (Wildman–Crippen LogP) is 5.25. The van der Waals surface area contributed by atoms with E-state index in [0.717, 1.165) is 5.56 Å². The fraction of sp³-hybridized carbons (Fsp3) is 0.574. The van der Waals surface area contributed by atoms with E-state index in [-0.39, 0.29) is 49.1 Å². The van der Waals surface area contributed by atoms with Crippen LogP contribution in [0.25, 0.3) is 0 Å². The number of likely N-dealkylation sites (N-methyl/N-ethyl adjacent to an activating group) is 2. The summed E-state index contributed by atoms with van der Waals surface area (Å²) in [4.78, 5) is 113. The lowest BCUT2D eigenvalue weighted by atomic mass is 9.89. The standard InChI is InChI=1S/C54H76N8O10S2/c1-12-34(6)45(39(71-10)30-42(63)61-28-20-23-38(61)46(72-11)35(7)49(64)57-37(54(69)70)29-36-21-14-13-15-22-36)60(9)51(66)43(32(2)3)58-50(65)44(33(4)5)59(8)31-62-52(67)47(73-40-24-16-18-26-55-40)48(53(62)68)74-41-25-17-19-27-56-41/h13-19,21-22,24-27,32-35,37-39,43-48H,12,20,23,28-31H2,1-11H3,(H,57,64)(H,58,65)(H,69,70)/t34-,35+,37-,38-,39+,43-,44-,45?,46+,47?,48?/m0/s1. The highest BCUT2D eigenvalue weighted by Crippen LogP contribution is 2.39. The Kier molecular flexibility index (Phi) is 22.4. The number of thioether (sulfide) groups is 2. The van der Waals surface area contributed by atoms with Crippen molar-refractivity contribution in [2.75, 3.05) is 41.5 Å². The number of rotatable bonds is 27. The molecule has 2 saturated heterocycles. The van der Waals surface area contributed by atoms with Gasteiger partial charge in [-0.2, -0.15) is 0 Å². The number of nitrogens with zero attached hydrogens (tertiary/aromatic N) is 6. The van der Waals surface area contributed by atoms with E-state index in [1.165, 1.54) is 42.6 Å². The number of carboxylic acid groups (broad SMARTS) is 1. The Morgan fingerprint density at radius 1 is 0.797 bits per heavy atom. The van der Waals surface area contributed by atoms with Crippen LogP contribution in [-0.4, -0.2) is 171 Å². The lowest BCUT2D eigenvalue weighted by molar-refractivity contribution is -0.149. The number of imide groups is 1. The molecule has 0 radical (unpaired) electrons. The SMILES string of the molecule is CC[C@H](C)C([C@@H](CC(=O)N1CCC[C@H]1[C@H](OC)[C@@H](C)C(=O)N[C@@H](Cc1ccccc1)C(=O)O)OC)N(C)C(=O)[C@@H](NC(=O)[C@H](C(C)C)N(C)CN1C(=O)C(Sc2ccccn2)C(Sc2ccccn2)C1=O)C(C)C. The van der Waals surface area contributed by atoms with Crippen LogP contribution < -0.4 is 10.6 Å². The number of ether oxygens (including phenoxy) is 2. The number of aromatic nitrogens is 2. The van der Waals surface area contributed by atoms with Crippen LogP contribution in [0.1, 0.15) is 79.7 Å². The summed E-state index contributed by atoms with van der Waals surface area (Å²) in [5.74, 6) is -5.21. The van der Waals surface area contributed by atoms with Crippen molar-refractivity contribution in [3.05, 3.63) is 84.7 Å². The molecule has 2 aliphatic heterocycles. The van der Waals surface area contributed by atoms with Gasteiger partial charge in [0.1, 0.15) is 22.6 Å². The summed E-state index contributed by atoms with van der Waals surface area (Å²) >= 11 is 2.42. The van der Waals surface area contributed by atoms with Crippen molar-refractivity contribution in [3.63, 3.8) is 0 Å². The average Bonchev–Trinajstić information content (AvgIpc) is 3.94. The largest absolute Gasteiger partial charge is 0.480 e. The molecule has 2 aliphatic rings. The van der Waals surface area contributed by atoms with Gasteiger partial charge in [-0.3, -0.25) is 38.6 Å². The number of carboxylic acids is 1. The molecule has 2 aromatic heterocycles. The van der Waals surface area contributed by atoms with Crippen molar-refractivity contribution in [1.29, 1.82) is 0 Å². The third-order valence-electron chi connectivity index (χ3n) is 14.2. The summed E-state index contributed by atoms with van der Waals surface area (Å²) < 4.78 is 12.0. The molecule has 3 N–H and O–H groups in total. The number of likely N-dealkylation sites (tertiary alicyclic amines) is 2. The molecule has 0 aliphatic carbocycles. The zero-order valence-corrected chi connectivity index (χ0v) is 46.2. The summed E-state index contributed by atoms with van der Waals surface area (Å²) in [5, 5.41) is 15.3. The summed E-state index contributed by atoms with van der Waals surface area (Å²) in [6.07, 6.45) is 3.60. The number of aliphatic carboxylic acids is 1. The quantitative estimate of drug-likeness (QED) is 0.0830.